The number of fused-ring (bicyclic) bond motifs is 1. The van der Waals surface area contributed by atoms with Crippen LogP contribution in [0.4, 0.5) is 0 Å². The molecule has 0 radical (unpaired) electrons. The fourth-order valence-electron chi connectivity index (χ4n) is 2.32. The Hall–Kier alpha value is -2.07. The van der Waals surface area contributed by atoms with E-state index in [1.807, 2.05) is 35.0 Å². The highest BCUT2D eigenvalue weighted by Gasteiger charge is 2.09. The average Bonchev–Trinajstić information content (AvgIpc) is 2.89. The van der Waals surface area contributed by atoms with Crippen molar-refractivity contribution in [3.8, 4) is 5.75 Å². The SMILES string of the molecule is COc1ccc(C(=O)Cn2ccc3ccc(Br)cc32)cc1. The number of rotatable bonds is 4. The number of benzene rings is 2. The zero-order chi connectivity index (χ0) is 14.8. The van der Waals surface area contributed by atoms with Gasteiger partial charge in [0.1, 0.15) is 5.75 Å². The standard InChI is InChI=1S/C17H14BrNO2/c1-21-15-6-3-13(4-7-15)17(20)11-19-9-8-12-2-5-14(18)10-16(12)19/h2-10H,11H2,1H3. The predicted molar refractivity (Wildman–Crippen MR) is 87.0 cm³/mol. The lowest BCUT2D eigenvalue weighted by Crippen LogP contribution is -2.09. The summed E-state index contributed by atoms with van der Waals surface area (Å²) in [6, 6.07) is 15.3. The molecule has 0 fully saturated rings. The third kappa shape index (κ3) is 2.85. The van der Waals surface area contributed by atoms with Crippen LogP contribution in [0.15, 0.2) is 59.2 Å². The van der Waals surface area contributed by atoms with Gasteiger partial charge in [0, 0.05) is 21.7 Å². The fourth-order valence-corrected chi connectivity index (χ4v) is 2.67. The molecule has 0 saturated heterocycles. The molecular weight excluding hydrogens is 330 g/mol. The maximum Gasteiger partial charge on any atom is 0.182 e. The van der Waals surface area contributed by atoms with Gasteiger partial charge in [0.05, 0.1) is 13.7 Å². The maximum atomic E-state index is 12.4. The Morgan fingerprint density at radius 3 is 2.62 bits per heavy atom. The van der Waals surface area contributed by atoms with Gasteiger partial charge in [-0.2, -0.15) is 0 Å². The summed E-state index contributed by atoms with van der Waals surface area (Å²) in [4.78, 5) is 12.4. The van der Waals surface area contributed by atoms with Gasteiger partial charge in [0.2, 0.25) is 0 Å². The first-order chi connectivity index (χ1) is 10.2. The third-order valence-corrected chi connectivity index (χ3v) is 3.96. The molecule has 1 aromatic heterocycles. The lowest BCUT2D eigenvalue weighted by atomic mass is 10.1. The van der Waals surface area contributed by atoms with E-state index in [4.69, 9.17) is 4.74 Å². The second-order valence-electron chi connectivity index (χ2n) is 4.80. The molecule has 0 bridgehead atoms. The van der Waals surface area contributed by atoms with Crippen molar-refractivity contribution < 1.29 is 9.53 Å². The minimum atomic E-state index is 0.0788. The Kier molecular flexibility index (Phi) is 3.80. The highest BCUT2D eigenvalue weighted by Crippen LogP contribution is 2.21. The summed E-state index contributed by atoms with van der Waals surface area (Å²) in [6.45, 7) is 0.326. The molecule has 3 rings (SSSR count). The van der Waals surface area contributed by atoms with Crippen molar-refractivity contribution in [2.24, 2.45) is 0 Å². The van der Waals surface area contributed by atoms with E-state index in [0.717, 1.165) is 21.1 Å². The van der Waals surface area contributed by atoms with Crippen LogP contribution >= 0.6 is 15.9 Å². The smallest absolute Gasteiger partial charge is 0.182 e. The topological polar surface area (TPSA) is 31.2 Å². The highest BCUT2D eigenvalue weighted by atomic mass is 79.9. The first-order valence-electron chi connectivity index (χ1n) is 6.59. The van der Waals surface area contributed by atoms with Crippen LogP contribution in [0.2, 0.25) is 0 Å². The molecule has 0 aliphatic carbocycles. The van der Waals surface area contributed by atoms with Crippen molar-refractivity contribution >= 4 is 32.6 Å². The Balaban J connectivity index is 1.87. The lowest BCUT2D eigenvalue weighted by Gasteiger charge is -2.06. The van der Waals surface area contributed by atoms with E-state index in [1.54, 1.807) is 31.4 Å². The highest BCUT2D eigenvalue weighted by molar-refractivity contribution is 9.10. The van der Waals surface area contributed by atoms with Crippen molar-refractivity contribution in [1.82, 2.24) is 4.57 Å². The molecule has 0 atom stereocenters. The summed E-state index contributed by atoms with van der Waals surface area (Å²) in [7, 11) is 1.61. The summed E-state index contributed by atoms with van der Waals surface area (Å²) in [5, 5.41) is 1.13. The van der Waals surface area contributed by atoms with Crippen molar-refractivity contribution in [3.63, 3.8) is 0 Å². The van der Waals surface area contributed by atoms with Gasteiger partial charge >= 0.3 is 0 Å². The fraction of sp³-hybridized carbons (Fsp3) is 0.118. The molecule has 1 heterocycles. The summed E-state index contributed by atoms with van der Waals surface area (Å²) < 4.78 is 8.08. The minimum Gasteiger partial charge on any atom is -0.497 e. The van der Waals surface area contributed by atoms with Crippen LogP contribution in [0.5, 0.6) is 5.75 Å². The minimum absolute atomic E-state index is 0.0788. The molecule has 0 saturated carbocycles. The second kappa shape index (κ2) is 5.74. The zero-order valence-corrected chi connectivity index (χ0v) is 13.1. The number of ether oxygens (including phenoxy) is 1. The van der Waals surface area contributed by atoms with E-state index < -0.39 is 0 Å². The zero-order valence-electron chi connectivity index (χ0n) is 11.5. The number of methoxy groups -OCH3 is 1. The summed E-state index contributed by atoms with van der Waals surface area (Å²) in [5.41, 5.74) is 1.74. The molecule has 3 nitrogen and oxygen atoms in total. The Morgan fingerprint density at radius 2 is 1.90 bits per heavy atom. The summed E-state index contributed by atoms with van der Waals surface area (Å²) >= 11 is 3.47. The molecule has 0 aliphatic rings. The molecule has 0 unspecified atom stereocenters. The van der Waals surface area contributed by atoms with E-state index in [-0.39, 0.29) is 5.78 Å². The maximum absolute atomic E-state index is 12.4. The predicted octanol–water partition coefficient (Wildman–Crippen LogP) is 4.30. The molecule has 21 heavy (non-hydrogen) atoms. The molecular formula is C17H14BrNO2. The van der Waals surface area contributed by atoms with Crippen LogP contribution in [0.25, 0.3) is 10.9 Å². The number of Topliss-reactive ketones (excluding diaryl/α,β-unsaturated/α-hetero) is 1. The van der Waals surface area contributed by atoms with Gasteiger partial charge in [-0.3, -0.25) is 4.79 Å². The summed E-state index contributed by atoms with van der Waals surface area (Å²) in [5.74, 6) is 0.831. The van der Waals surface area contributed by atoms with Gasteiger partial charge in [0.25, 0.3) is 0 Å². The summed E-state index contributed by atoms with van der Waals surface area (Å²) in [6.07, 6.45) is 1.94. The van der Waals surface area contributed by atoms with Gasteiger partial charge in [0.15, 0.2) is 5.78 Å². The van der Waals surface area contributed by atoms with Crippen LogP contribution in [-0.4, -0.2) is 17.5 Å². The van der Waals surface area contributed by atoms with Crippen molar-refractivity contribution in [2.75, 3.05) is 7.11 Å². The van der Waals surface area contributed by atoms with Crippen LogP contribution in [0.3, 0.4) is 0 Å². The van der Waals surface area contributed by atoms with Crippen LogP contribution in [-0.2, 0) is 6.54 Å². The number of nitrogens with zero attached hydrogens (tertiary/aromatic N) is 1. The molecule has 106 valence electrons. The number of aromatic nitrogens is 1. The van der Waals surface area contributed by atoms with Crippen molar-refractivity contribution in [2.45, 2.75) is 6.54 Å². The monoisotopic (exact) mass is 343 g/mol. The lowest BCUT2D eigenvalue weighted by molar-refractivity contribution is 0.0973. The molecule has 0 N–H and O–H groups in total. The Morgan fingerprint density at radius 1 is 1.14 bits per heavy atom. The van der Waals surface area contributed by atoms with E-state index in [0.29, 0.717) is 12.1 Å². The number of carbonyl (C=O) groups excluding carboxylic acids is 1. The van der Waals surface area contributed by atoms with Crippen LogP contribution in [0, 0.1) is 0 Å². The van der Waals surface area contributed by atoms with Gasteiger partial charge in [-0.1, -0.05) is 22.0 Å². The van der Waals surface area contributed by atoms with Crippen LogP contribution < -0.4 is 4.74 Å². The van der Waals surface area contributed by atoms with Gasteiger partial charge in [-0.25, -0.2) is 0 Å². The molecule has 0 spiro atoms. The second-order valence-corrected chi connectivity index (χ2v) is 5.71. The van der Waals surface area contributed by atoms with E-state index in [2.05, 4.69) is 15.9 Å². The van der Waals surface area contributed by atoms with Crippen molar-refractivity contribution in [3.05, 3.63) is 64.8 Å². The quantitative estimate of drug-likeness (QED) is 0.661. The van der Waals surface area contributed by atoms with Crippen molar-refractivity contribution in [1.29, 1.82) is 0 Å². The van der Waals surface area contributed by atoms with Gasteiger partial charge < -0.3 is 9.30 Å². The van der Waals surface area contributed by atoms with Crippen LogP contribution in [0.1, 0.15) is 10.4 Å². The number of halogens is 1. The number of hydrogen-bond acceptors (Lipinski definition) is 2. The number of ketones is 1. The molecule has 0 amide bonds. The third-order valence-electron chi connectivity index (χ3n) is 3.46. The molecule has 4 heteroatoms. The van der Waals surface area contributed by atoms with E-state index >= 15 is 0 Å². The van der Waals surface area contributed by atoms with Gasteiger partial charge in [-0.15, -0.1) is 0 Å². The Labute approximate surface area is 131 Å². The molecule has 3 aromatic rings. The molecule has 0 aliphatic heterocycles. The Bertz CT molecular complexity index is 790. The average molecular weight is 344 g/mol. The normalized spacial score (nSPS) is 10.8. The first-order valence-corrected chi connectivity index (χ1v) is 7.38. The van der Waals surface area contributed by atoms with E-state index in [1.165, 1.54) is 0 Å². The number of carbonyl (C=O) groups is 1. The number of hydrogen-bond donors (Lipinski definition) is 0. The van der Waals surface area contributed by atoms with Gasteiger partial charge in [-0.05, 0) is 47.9 Å². The van der Waals surface area contributed by atoms with E-state index in [9.17, 15) is 4.79 Å². The largest absolute Gasteiger partial charge is 0.497 e. The first kappa shape index (κ1) is 13.9. The molecule has 2 aromatic carbocycles.